The molecule has 0 amide bonds. The summed E-state index contributed by atoms with van der Waals surface area (Å²) in [5.41, 5.74) is 3.28. The summed E-state index contributed by atoms with van der Waals surface area (Å²) in [4.78, 5) is 0. The van der Waals surface area contributed by atoms with E-state index in [1.165, 1.54) is 12.0 Å². The molecule has 0 aliphatic carbocycles. The van der Waals surface area contributed by atoms with Gasteiger partial charge in [0.15, 0.2) is 11.5 Å². The lowest BCUT2D eigenvalue weighted by molar-refractivity contribution is 0.297. The van der Waals surface area contributed by atoms with Crippen molar-refractivity contribution in [2.24, 2.45) is 13.0 Å². The molecule has 0 atom stereocenters. The first-order chi connectivity index (χ1) is 11.6. The predicted molar refractivity (Wildman–Crippen MR) is 95.4 cm³/mol. The minimum absolute atomic E-state index is 0.697. The summed E-state index contributed by atoms with van der Waals surface area (Å²) in [6.45, 7) is 7.74. The van der Waals surface area contributed by atoms with Gasteiger partial charge in [-0.3, -0.25) is 4.68 Å². The second-order valence-corrected chi connectivity index (χ2v) is 6.75. The quantitative estimate of drug-likeness (QED) is 0.825. The first kappa shape index (κ1) is 16.8. The number of rotatable bonds is 6. The van der Waals surface area contributed by atoms with Crippen molar-refractivity contribution >= 4 is 0 Å². The van der Waals surface area contributed by atoms with Crippen LogP contribution in [0.25, 0.3) is 11.3 Å². The number of ether oxygens (including phenoxy) is 2. The Balaban J connectivity index is 1.78. The zero-order chi connectivity index (χ0) is 16.9. The number of aryl methyl sites for hydroxylation is 1. The number of nitrogens with one attached hydrogen (secondary N) is 1. The summed E-state index contributed by atoms with van der Waals surface area (Å²) in [6.07, 6.45) is 4.18. The van der Waals surface area contributed by atoms with E-state index >= 15 is 0 Å². The van der Waals surface area contributed by atoms with E-state index in [0.717, 1.165) is 42.3 Å². The van der Waals surface area contributed by atoms with Crippen LogP contribution in [0.1, 0.15) is 32.3 Å². The van der Waals surface area contributed by atoms with Gasteiger partial charge in [-0.15, -0.1) is 0 Å². The van der Waals surface area contributed by atoms with Crippen LogP contribution in [-0.2, 0) is 13.6 Å². The van der Waals surface area contributed by atoms with Crippen LogP contribution >= 0.6 is 0 Å². The van der Waals surface area contributed by atoms with E-state index in [0.29, 0.717) is 19.1 Å². The molecule has 1 aromatic carbocycles. The highest BCUT2D eigenvalue weighted by atomic mass is 16.5. The SMILES string of the molecule is CC(C)CCNCc1cn(C)nc1-c1ccc2c(c1)OCCCO2. The third kappa shape index (κ3) is 4.09. The van der Waals surface area contributed by atoms with Crippen LogP contribution in [0.4, 0.5) is 0 Å². The second-order valence-electron chi connectivity index (χ2n) is 6.75. The zero-order valence-electron chi connectivity index (χ0n) is 14.8. The highest BCUT2D eigenvalue weighted by Crippen LogP contribution is 2.34. The fraction of sp³-hybridized carbons (Fsp3) is 0.526. The summed E-state index contributed by atoms with van der Waals surface area (Å²) < 4.78 is 13.4. The molecule has 24 heavy (non-hydrogen) atoms. The Hall–Kier alpha value is -2.01. The van der Waals surface area contributed by atoms with E-state index in [4.69, 9.17) is 9.47 Å². The van der Waals surface area contributed by atoms with Crippen LogP contribution in [0, 0.1) is 5.92 Å². The van der Waals surface area contributed by atoms with Crippen molar-refractivity contribution < 1.29 is 9.47 Å². The molecule has 1 N–H and O–H groups in total. The molecule has 0 radical (unpaired) electrons. The van der Waals surface area contributed by atoms with Crippen molar-refractivity contribution in [3.8, 4) is 22.8 Å². The smallest absolute Gasteiger partial charge is 0.161 e. The third-order valence-corrected chi connectivity index (χ3v) is 4.14. The lowest BCUT2D eigenvalue weighted by Crippen LogP contribution is -2.16. The van der Waals surface area contributed by atoms with Crippen LogP contribution < -0.4 is 14.8 Å². The highest BCUT2D eigenvalue weighted by Gasteiger charge is 2.15. The molecular formula is C19H27N3O2. The van der Waals surface area contributed by atoms with E-state index in [1.807, 2.05) is 23.9 Å². The molecule has 1 aromatic heterocycles. The predicted octanol–water partition coefficient (Wildman–Crippen LogP) is 3.38. The minimum atomic E-state index is 0.697. The van der Waals surface area contributed by atoms with Crippen molar-refractivity contribution in [3.05, 3.63) is 30.0 Å². The Labute approximate surface area is 144 Å². The van der Waals surface area contributed by atoms with Crippen LogP contribution in [0.3, 0.4) is 0 Å². The maximum absolute atomic E-state index is 5.81. The van der Waals surface area contributed by atoms with Crippen LogP contribution in [0.15, 0.2) is 24.4 Å². The Morgan fingerprint density at radius 3 is 2.79 bits per heavy atom. The van der Waals surface area contributed by atoms with Gasteiger partial charge in [-0.2, -0.15) is 5.10 Å². The highest BCUT2D eigenvalue weighted by molar-refractivity contribution is 5.66. The maximum atomic E-state index is 5.81. The van der Waals surface area contributed by atoms with Gasteiger partial charge in [-0.25, -0.2) is 0 Å². The molecule has 0 spiro atoms. The van der Waals surface area contributed by atoms with Crippen molar-refractivity contribution in [2.45, 2.75) is 33.2 Å². The lowest BCUT2D eigenvalue weighted by Gasteiger charge is -2.10. The number of aromatic nitrogens is 2. The van der Waals surface area contributed by atoms with Crippen molar-refractivity contribution in [1.29, 1.82) is 0 Å². The molecule has 5 nitrogen and oxygen atoms in total. The van der Waals surface area contributed by atoms with E-state index < -0.39 is 0 Å². The molecule has 3 rings (SSSR count). The van der Waals surface area contributed by atoms with Gasteiger partial charge in [0.2, 0.25) is 0 Å². The van der Waals surface area contributed by atoms with Crippen molar-refractivity contribution in [2.75, 3.05) is 19.8 Å². The molecule has 0 bridgehead atoms. The second kappa shape index (κ2) is 7.71. The van der Waals surface area contributed by atoms with Gasteiger partial charge < -0.3 is 14.8 Å². The number of benzene rings is 1. The molecule has 0 saturated carbocycles. The van der Waals surface area contributed by atoms with Gasteiger partial charge in [-0.1, -0.05) is 13.8 Å². The monoisotopic (exact) mass is 329 g/mol. The molecule has 0 unspecified atom stereocenters. The van der Waals surface area contributed by atoms with E-state index in [9.17, 15) is 0 Å². The Bertz CT molecular complexity index is 679. The Morgan fingerprint density at radius 1 is 1.21 bits per heavy atom. The summed E-state index contributed by atoms with van der Waals surface area (Å²) in [5, 5.41) is 8.17. The van der Waals surface area contributed by atoms with E-state index in [1.54, 1.807) is 0 Å². The third-order valence-electron chi connectivity index (χ3n) is 4.14. The molecule has 2 aromatic rings. The Morgan fingerprint density at radius 2 is 2.00 bits per heavy atom. The largest absolute Gasteiger partial charge is 0.490 e. The van der Waals surface area contributed by atoms with Gasteiger partial charge in [0.25, 0.3) is 0 Å². The normalized spacial score (nSPS) is 14.0. The van der Waals surface area contributed by atoms with Crippen molar-refractivity contribution in [1.82, 2.24) is 15.1 Å². The van der Waals surface area contributed by atoms with Crippen LogP contribution in [0.5, 0.6) is 11.5 Å². The first-order valence-corrected chi connectivity index (χ1v) is 8.76. The van der Waals surface area contributed by atoms with Gasteiger partial charge >= 0.3 is 0 Å². The molecule has 0 fully saturated rings. The summed E-state index contributed by atoms with van der Waals surface area (Å²) in [6, 6.07) is 6.09. The number of hydrogen-bond donors (Lipinski definition) is 1. The number of fused-ring (bicyclic) bond motifs is 1. The number of nitrogens with zero attached hydrogens (tertiary/aromatic N) is 2. The topological polar surface area (TPSA) is 48.3 Å². The standard InChI is InChI=1S/C19H27N3O2/c1-14(2)7-8-20-12-16-13-22(3)21-19(16)15-5-6-17-18(11-15)24-10-4-9-23-17/h5-6,11,13-14,20H,4,7-10,12H2,1-3H3. The average Bonchev–Trinajstić information content (AvgIpc) is 2.78. The number of hydrogen-bond acceptors (Lipinski definition) is 4. The van der Waals surface area contributed by atoms with Crippen LogP contribution in [-0.4, -0.2) is 29.5 Å². The molecular weight excluding hydrogens is 302 g/mol. The molecule has 1 aliphatic heterocycles. The summed E-state index contributed by atoms with van der Waals surface area (Å²) >= 11 is 0. The van der Waals surface area contributed by atoms with Gasteiger partial charge in [0.05, 0.1) is 18.9 Å². The zero-order valence-corrected chi connectivity index (χ0v) is 14.8. The maximum Gasteiger partial charge on any atom is 0.161 e. The molecule has 1 aliphatic rings. The molecule has 0 saturated heterocycles. The molecule has 5 heteroatoms. The fourth-order valence-electron chi connectivity index (χ4n) is 2.83. The Kier molecular flexibility index (Phi) is 5.41. The average molecular weight is 329 g/mol. The summed E-state index contributed by atoms with van der Waals surface area (Å²) in [5.74, 6) is 2.35. The van der Waals surface area contributed by atoms with Gasteiger partial charge in [0.1, 0.15) is 0 Å². The van der Waals surface area contributed by atoms with Gasteiger partial charge in [0, 0.05) is 37.3 Å². The van der Waals surface area contributed by atoms with Crippen molar-refractivity contribution in [3.63, 3.8) is 0 Å². The molecule has 2 heterocycles. The first-order valence-electron chi connectivity index (χ1n) is 8.76. The minimum Gasteiger partial charge on any atom is -0.490 e. The van der Waals surface area contributed by atoms with Gasteiger partial charge in [-0.05, 0) is 37.1 Å². The van der Waals surface area contributed by atoms with Crippen LogP contribution in [0.2, 0.25) is 0 Å². The lowest BCUT2D eigenvalue weighted by atomic mass is 10.1. The van der Waals surface area contributed by atoms with E-state index in [2.05, 4.69) is 36.5 Å². The summed E-state index contributed by atoms with van der Waals surface area (Å²) in [7, 11) is 1.96. The van der Waals surface area contributed by atoms with E-state index in [-0.39, 0.29) is 0 Å². The molecule has 130 valence electrons. The fourth-order valence-corrected chi connectivity index (χ4v) is 2.83.